The molecule has 84 valence electrons. The van der Waals surface area contributed by atoms with E-state index in [0.717, 1.165) is 24.2 Å². The highest BCUT2D eigenvalue weighted by atomic mass is 79.9. The molecule has 0 N–H and O–H groups in total. The van der Waals surface area contributed by atoms with Gasteiger partial charge in [-0.05, 0) is 50.8 Å². The van der Waals surface area contributed by atoms with Gasteiger partial charge in [-0.1, -0.05) is 28.1 Å². The molecule has 0 saturated carbocycles. The lowest BCUT2D eigenvalue weighted by molar-refractivity contribution is 0.848. The van der Waals surface area contributed by atoms with E-state index in [2.05, 4.69) is 45.2 Å². The number of rotatable bonds is 1. The highest BCUT2D eigenvalue weighted by Crippen LogP contribution is 2.33. The van der Waals surface area contributed by atoms with E-state index in [4.69, 9.17) is 0 Å². The van der Waals surface area contributed by atoms with Gasteiger partial charge in [-0.3, -0.25) is 4.99 Å². The van der Waals surface area contributed by atoms with Gasteiger partial charge in [0.05, 0.1) is 5.69 Å². The smallest absolute Gasteiger partial charge is 0.0704 e. The molecule has 0 spiro atoms. The molecule has 1 nitrogen and oxygen atoms in total. The molecule has 1 aliphatic carbocycles. The van der Waals surface area contributed by atoms with Crippen LogP contribution in [0.5, 0.6) is 0 Å². The SMILES string of the molecule is CC(C)=Nc1ccc(Br)c2c1C=CCCC2. The number of hydrogen-bond donors (Lipinski definition) is 0. The highest BCUT2D eigenvalue weighted by Gasteiger charge is 2.11. The summed E-state index contributed by atoms with van der Waals surface area (Å²) in [7, 11) is 0. The molecule has 2 heteroatoms. The van der Waals surface area contributed by atoms with Crippen LogP contribution in [-0.2, 0) is 6.42 Å². The fourth-order valence-electron chi connectivity index (χ4n) is 2.00. The van der Waals surface area contributed by atoms with Gasteiger partial charge in [0.15, 0.2) is 0 Å². The zero-order valence-electron chi connectivity index (χ0n) is 9.76. The van der Waals surface area contributed by atoms with Gasteiger partial charge in [-0.15, -0.1) is 0 Å². The van der Waals surface area contributed by atoms with Gasteiger partial charge in [-0.25, -0.2) is 0 Å². The third kappa shape index (κ3) is 2.43. The Morgan fingerprint density at radius 2 is 2.12 bits per heavy atom. The molecule has 16 heavy (non-hydrogen) atoms. The first-order valence-corrected chi connectivity index (χ1v) is 6.47. The van der Waals surface area contributed by atoms with Crippen molar-refractivity contribution < 1.29 is 0 Å². The average Bonchev–Trinajstić information content (AvgIpc) is 2.47. The molecule has 0 heterocycles. The topological polar surface area (TPSA) is 12.4 Å². The molecule has 0 fully saturated rings. The van der Waals surface area contributed by atoms with Gasteiger partial charge in [0.2, 0.25) is 0 Å². The molecular formula is C14H16BrN. The van der Waals surface area contributed by atoms with E-state index >= 15 is 0 Å². The van der Waals surface area contributed by atoms with E-state index in [1.54, 1.807) is 0 Å². The fourth-order valence-corrected chi connectivity index (χ4v) is 2.55. The van der Waals surface area contributed by atoms with E-state index < -0.39 is 0 Å². The van der Waals surface area contributed by atoms with Crippen LogP contribution in [0, 0.1) is 0 Å². The molecule has 0 atom stereocenters. The van der Waals surface area contributed by atoms with Crippen LogP contribution >= 0.6 is 15.9 Å². The number of halogens is 1. The van der Waals surface area contributed by atoms with E-state index in [9.17, 15) is 0 Å². The predicted octanol–water partition coefficient (Wildman–Crippen LogP) is 4.91. The van der Waals surface area contributed by atoms with Crippen molar-refractivity contribution in [2.45, 2.75) is 33.1 Å². The maximum Gasteiger partial charge on any atom is 0.0704 e. The molecule has 0 unspecified atom stereocenters. The molecule has 0 aromatic heterocycles. The highest BCUT2D eigenvalue weighted by molar-refractivity contribution is 9.10. The summed E-state index contributed by atoms with van der Waals surface area (Å²) >= 11 is 3.63. The van der Waals surface area contributed by atoms with Crippen LogP contribution in [0.4, 0.5) is 5.69 Å². The van der Waals surface area contributed by atoms with Crippen molar-refractivity contribution >= 4 is 33.4 Å². The number of allylic oxidation sites excluding steroid dienone is 1. The Kier molecular flexibility index (Phi) is 3.59. The molecule has 0 saturated heterocycles. The van der Waals surface area contributed by atoms with Crippen LogP contribution in [-0.4, -0.2) is 5.71 Å². The predicted molar refractivity (Wildman–Crippen MR) is 74.6 cm³/mol. The van der Waals surface area contributed by atoms with Crippen LogP contribution in [0.25, 0.3) is 6.08 Å². The van der Waals surface area contributed by atoms with Crippen molar-refractivity contribution in [3.63, 3.8) is 0 Å². The number of benzene rings is 1. The molecule has 1 aliphatic rings. The third-order valence-electron chi connectivity index (χ3n) is 2.70. The lowest BCUT2D eigenvalue weighted by Crippen LogP contribution is -1.91. The maximum absolute atomic E-state index is 4.60. The first-order chi connectivity index (χ1) is 7.68. The van der Waals surface area contributed by atoms with E-state index in [-0.39, 0.29) is 0 Å². The third-order valence-corrected chi connectivity index (χ3v) is 3.45. The molecule has 0 aliphatic heterocycles. The first kappa shape index (κ1) is 11.6. The van der Waals surface area contributed by atoms with Gasteiger partial charge in [-0.2, -0.15) is 0 Å². The summed E-state index contributed by atoms with van der Waals surface area (Å²) < 4.78 is 1.21. The summed E-state index contributed by atoms with van der Waals surface area (Å²) in [4.78, 5) is 4.60. The molecule has 2 rings (SSSR count). The average molecular weight is 278 g/mol. The van der Waals surface area contributed by atoms with E-state index in [0.29, 0.717) is 0 Å². The van der Waals surface area contributed by atoms with E-state index in [1.807, 2.05) is 13.8 Å². The summed E-state index contributed by atoms with van der Waals surface area (Å²) in [5.74, 6) is 0. The minimum Gasteiger partial charge on any atom is -0.258 e. The molecule has 0 amide bonds. The van der Waals surface area contributed by atoms with Crippen molar-refractivity contribution in [2.75, 3.05) is 0 Å². The number of fused-ring (bicyclic) bond motifs is 1. The normalized spacial score (nSPS) is 14.2. The van der Waals surface area contributed by atoms with Crippen LogP contribution in [0.2, 0.25) is 0 Å². The van der Waals surface area contributed by atoms with Crippen LogP contribution < -0.4 is 0 Å². The number of nitrogens with zero attached hydrogens (tertiary/aromatic N) is 1. The van der Waals surface area contributed by atoms with Gasteiger partial charge in [0, 0.05) is 15.7 Å². The molecule has 1 aromatic rings. The molecule has 0 bridgehead atoms. The largest absolute Gasteiger partial charge is 0.258 e. The standard InChI is InChI=1S/C14H16BrN/c1-10(2)16-14-9-8-13(15)11-6-4-3-5-7-12(11)14/h5,7-9H,3-4,6H2,1-2H3. The van der Waals surface area contributed by atoms with Gasteiger partial charge in [0.1, 0.15) is 0 Å². The fraction of sp³-hybridized carbons (Fsp3) is 0.357. The van der Waals surface area contributed by atoms with Crippen molar-refractivity contribution in [3.05, 3.63) is 33.8 Å². The van der Waals surface area contributed by atoms with Gasteiger partial charge < -0.3 is 0 Å². The Balaban J connectivity index is 2.59. The second-order valence-corrected chi connectivity index (χ2v) is 5.17. The Bertz CT molecular complexity index is 454. The zero-order chi connectivity index (χ0) is 11.5. The Morgan fingerprint density at radius 3 is 2.88 bits per heavy atom. The minimum absolute atomic E-state index is 1.09. The summed E-state index contributed by atoms with van der Waals surface area (Å²) in [5.41, 5.74) is 4.88. The monoisotopic (exact) mass is 277 g/mol. The zero-order valence-corrected chi connectivity index (χ0v) is 11.3. The first-order valence-electron chi connectivity index (χ1n) is 5.68. The lowest BCUT2D eigenvalue weighted by atomic mass is 10.0. The van der Waals surface area contributed by atoms with Gasteiger partial charge in [0.25, 0.3) is 0 Å². The van der Waals surface area contributed by atoms with Crippen LogP contribution in [0.3, 0.4) is 0 Å². The molecule has 0 radical (unpaired) electrons. The molecule has 1 aromatic carbocycles. The second kappa shape index (κ2) is 4.96. The minimum atomic E-state index is 1.09. The number of hydrogen-bond acceptors (Lipinski definition) is 1. The quantitative estimate of drug-likeness (QED) is 0.647. The lowest BCUT2D eigenvalue weighted by Gasteiger charge is -2.10. The van der Waals surface area contributed by atoms with Crippen molar-refractivity contribution in [1.82, 2.24) is 0 Å². The van der Waals surface area contributed by atoms with Crippen molar-refractivity contribution in [1.29, 1.82) is 0 Å². The Hall–Kier alpha value is -0.890. The second-order valence-electron chi connectivity index (χ2n) is 4.31. The maximum atomic E-state index is 4.60. The summed E-state index contributed by atoms with van der Waals surface area (Å²) in [6, 6.07) is 4.20. The summed E-state index contributed by atoms with van der Waals surface area (Å²) in [5, 5.41) is 0. The summed E-state index contributed by atoms with van der Waals surface area (Å²) in [6.45, 7) is 4.07. The number of aliphatic imine (C=N–C) groups is 1. The van der Waals surface area contributed by atoms with Crippen molar-refractivity contribution in [2.24, 2.45) is 4.99 Å². The van der Waals surface area contributed by atoms with Gasteiger partial charge >= 0.3 is 0 Å². The Morgan fingerprint density at radius 1 is 1.31 bits per heavy atom. The molecular weight excluding hydrogens is 262 g/mol. The summed E-state index contributed by atoms with van der Waals surface area (Å²) in [6.07, 6.45) is 7.99. The van der Waals surface area contributed by atoms with Crippen LogP contribution in [0.15, 0.2) is 27.7 Å². The van der Waals surface area contributed by atoms with Crippen molar-refractivity contribution in [3.8, 4) is 0 Å². The van der Waals surface area contributed by atoms with E-state index in [1.165, 1.54) is 22.0 Å². The van der Waals surface area contributed by atoms with Crippen LogP contribution in [0.1, 0.15) is 37.8 Å². The Labute approximate surface area is 105 Å².